The molecule has 3 fully saturated rings. The van der Waals surface area contributed by atoms with Gasteiger partial charge in [-0.25, -0.2) is 10.0 Å². The lowest BCUT2D eigenvalue weighted by Gasteiger charge is -2.31. The van der Waals surface area contributed by atoms with Crippen molar-refractivity contribution in [3.8, 4) is 0 Å². The van der Waals surface area contributed by atoms with Crippen molar-refractivity contribution in [2.24, 2.45) is 11.3 Å². The molecule has 0 unspecified atom stereocenters. The fourth-order valence-corrected chi connectivity index (χ4v) is 5.00. The SMILES string of the molecule is Cc1ncsc1CN1C[C@@H]2COC[C@]2(CC(=O)N2CCCCO2)C1. The number of thiazole rings is 1. The van der Waals surface area contributed by atoms with E-state index in [4.69, 9.17) is 9.57 Å². The number of likely N-dealkylation sites (tertiary alicyclic amines) is 1. The minimum atomic E-state index is -0.0452. The molecule has 24 heavy (non-hydrogen) atoms. The number of hydroxylamine groups is 2. The van der Waals surface area contributed by atoms with Crippen molar-refractivity contribution in [3.63, 3.8) is 0 Å². The number of aryl methyl sites for hydroxylation is 1. The van der Waals surface area contributed by atoms with E-state index in [2.05, 4.69) is 16.8 Å². The topological polar surface area (TPSA) is 54.9 Å². The van der Waals surface area contributed by atoms with Crippen LogP contribution in [0.4, 0.5) is 0 Å². The van der Waals surface area contributed by atoms with E-state index in [0.717, 1.165) is 51.3 Å². The Hall–Kier alpha value is -1.02. The molecule has 132 valence electrons. The molecule has 1 amide bonds. The van der Waals surface area contributed by atoms with Crippen molar-refractivity contribution >= 4 is 17.2 Å². The number of nitrogens with zero attached hydrogens (tertiary/aromatic N) is 3. The van der Waals surface area contributed by atoms with Crippen LogP contribution in [-0.4, -0.2) is 60.3 Å². The maximum Gasteiger partial charge on any atom is 0.246 e. The molecule has 7 heteroatoms. The Bertz CT molecular complexity index is 602. The summed E-state index contributed by atoms with van der Waals surface area (Å²) in [5.41, 5.74) is 2.99. The standard InChI is InChI=1S/C17H25N3O3S/c1-13-15(24-12-18-13)8-19-7-14-9-22-11-17(14,10-19)6-16(21)20-4-2-3-5-23-20/h12,14H,2-11H2,1H3/t14-,17+/m1/s1. The summed E-state index contributed by atoms with van der Waals surface area (Å²) in [6, 6.07) is 0. The molecule has 3 aliphatic rings. The van der Waals surface area contributed by atoms with Gasteiger partial charge in [0.15, 0.2) is 0 Å². The van der Waals surface area contributed by atoms with Gasteiger partial charge in [-0.1, -0.05) is 0 Å². The van der Waals surface area contributed by atoms with Gasteiger partial charge in [0.25, 0.3) is 0 Å². The summed E-state index contributed by atoms with van der Waals surface area (Å²) in [5, 5.41) is 1.59. The molecule has 0 spiro atoms. The van der Waals surface area contributed by atoms with Gasteiger partial charge in [-0.15, -0.1) is 11.3 Å². The van der Waals surface area contributed by atoms with Gasteiger partial charge in [-0.2, -0.15) is 0 Å². The van der Waals surface area contributed by atoms with Crippen molar-refractivity contribution in [1.82, 2.24) is 14.9 Å². The van der Waals surface area contributed by atoms with Crippen LogP contribution in [0.5, 0.6) is 0 Å². The number of hydrogen-bond donors (Lipinski definition) is 0. The normalized spacial score (nSPS) is 30.7. The number of ether oxygens (including phenoxy) is 1. The molecule has 0 radical (unpaired) electrons. The fourth-order valence-electron chi connectivity index (χ4n) is 4.18. The second-order valence-corrected chi connectivity index (χ2v) is 8.26. The Labute approximate surface area is 146 Å². The first kappa shape index (κ1) is 16.4. The molecule has 6 nitrogen and oxygen atoms in total. The Morgan fingerprint density at radius 1 is 1.50 bits per heavy atom. The van der Waals surface area contributed by atoms with E-state index in [1.807, 2.05) is 5.51 Å². The molecular weight excluding hydrogens is 326 g/mol. The van der Waals surface area contributed by atoms with Gasteiger partial charge in [-0.05, 0) is 19.8 Å². The summed E-state index contributed by atoms with van der Waals surface area (Å²) in [6.07, 6.45) is 2.62. The lowest BCUT2D eigenvalue weighted by atomic mass is 9.78. The Morgan fingerprint density at radius 2 is 2.42 bits per heavy atom. The summed E-state index contributed by atoms with van der Waals surface area (Å²) >= 11 is 1.72. The van der Waals surface area contributed by atoms with Crippen molar-refractivity contribution in [2.75, 3.05) is 39.5 Å². The predicted octanol–water partition coefficient (Wildman–Crippen LogP) is 1.84. The molecule has 0 aromatic carbocycles. The number of carbonyl (C=O) groups excluding carboxylic acids is 1. The average molecular weight is 351 g/mol. The van der Waals surface area contributed by atoms with E-state index in [9.17, 15) is 4.79 Å². The van der Waals surface area contributed by atoms with E-state index in [0.29, 0.717) is 25.6 Å². The van der Waals surface area contributed by atoms with Crippen LogP contribution in [0.3, 0.4) is 0 Å². The number of rotatable bonds is 4. The number of fused-ring (bicyclic) bond motifs is 1. The number of hydrogen-bond acceptors (Lipinski definition) is 6. The van der Waals surface area contributed by atoms with Crippen LogP contribution in [-0.2, 0) is 20.9 Å². The zero-order chi connectivity index (χ0) is 16.6. The smallest absolute Gasteiger partial charge is 0.246 e. The van der Waals surface area contributed by atoms with E-state index in [1.165, 1.54) is 4.88 Å². The van der Waals surface area contributed by atoms with Crippen LogP contribution < -0.4 is 0 Å². The van der Waals surface area contributed by atoms with Crippen LogP contribution in [0.1, 0.15) is 29.8 Å². The molecule has 0 saturated carbocycles. The summed E-state index contributed by atoms with van der Waals surface area (Å²) in [4.78, 5) is 26.4. The highest BCUT2D eigenvalue weighted by molar-refractivity contribution is 7.09. The first-order chi connectivity index (χ1) is 11.7. The third kappa shape index (κ3) is 3.10. The van der Waals surface area contributed by atoms with Crippen molar-refractivity contribution < 1.29 is 14.4 Å². The Morgan fingerprint density at radius 3 is 3.17 bits per heavy atom. The highest BCUT2D eigenvalue weighted by atomic mass is 32.1. The van der Waals surface area contributed by atoms with Gasteiger partial charge in [0, 0.05) is 48.8 Å². The van der Waals surface area contributed by atoms with E-state index in [1.54, 1.807) is 16.4 Å². The van der Waals surface area contributed by atoms with Crippen LogP contribution in [0.15, 0.2) is 5.51 Å². The highest BCUT2D eigenvalue weighted by Gasteiger charge is 2.52. The van der Waals surface area contributed by atoms with Crippen LogP contribution in [0, 0.1) is 18.3 Å². The zero-order valence-electron chi connectivity index (χ0n) is 14.2. The van der Waals surface area contributed by atoms with Crippen LogP contribution in [0.2, 0.25) is 0 Å². The van der Waals surface area contributed by atoms with Crippen molar-refractivity contribution in [2.45, 2.75) is 32.7 Å². The molecule has 3 aliphatic heterocycles. The van der Waals surface area contributed by atoms with Crippen LogP contribution in [0.25, 0.3) is 0 Å². The second-order valence-electron chi connectivity index (χ2n) is 7.32. The first-order valence-electron chi connectivity index (χ1n) is 8.79. The number of amides is 1. The van der Waals surface area contributed by atoms with Gasteiger partial charge in [0.2, 0.25) is 5.91 Å². The van der Waals surface area contributed by atoms with E-state index >= 15 is 0 Å². The van der Waals surface area contributed by atoms with E-state index < -0.39 is 0 Å². The van der Waals surface area contributed by atoms with Gasteiger partial charge in [-0.3, -0.25) is 14.5 Å². The molecule has 4 rings (SSSR count). The minimum Gasteiger partial charge on any atom is -0.380 e. The van der Waals surface area contributed by atoms with Gasteiger partial charge < -0.3 is 4.74 Å². The maximum atomic E-state index is 12.7. The molecule has 1 aromatic rings. The highest BCUT2D eigenvalue weighted by Crippen LogP contribution is 2.45. The molecular formula is C17H25N3O3S. The second kappa shape index (κ2) is 6.71. The van der Waals surface area contributed by atoms with Gasteiger partial charge in [0.1, 0.15) is 0 Å². The Balaban J connectivity index is 1.42. The summed E-state index contributed by atoms with van der Waals surface area (Å²) in [5.74, 6) is 0.570. The molecule has 0 aliphatic carbocycles. The van der Waals surface area contributed by atoms with Gasteiger partial charge in [0.05, 0.1) is 31.0 Å². The maximum absolute atomic E-state index is 12.7. The predicted molar refractivity (Wildman–Crippen MR) is 90.4 cm³/mol. The average Bonchev–Trinajstić information content (AvgIpc) is 3.23. The molecule has 4 heterocycles. The Kier molecular flexibility index (Phi) is 4.60. The molecule has 3 saturated heterocycles. The lowest BCUT2D eigenvalue weighted by Crippen LogP contribution is -2.41. The monoisotopic (exact) mass is 351 g/mol. The molecule has 0 N–H and O–H groups in total. The van der Waals surface area contributed by atoms with E-state index in [-0.39, 0.29) is 11.3 Å². The number of carbonyl (C=O) groups is 1. The molecule has 0 bridgehead atoms. The summed E-state index contributed by atoms with van der Waals surface area (Å²) in [6.45, 7) is 7.78. The van der Waals surface area contributed by atoms with Crippen molar-refractivity contribution in [3.05, 3.63) is 16.1 Å². The van der Waals surface area contributed by atoms with Crippen LogP contribution >= 0.6 is 11.3 Å². The summed E-state index contributed by atoms with van der Waals surface area (Å²) in [7, 11) is 0. The fraction of sp³-hybridized carbons (Fsp3) is 0.765. The lowest BCUT2D eigenvalue weighted by molar-refractivity contribution is -0.199. The molecule has 2 atom stereocenters. The largest absolute Gasteiger partial charge is 0.380 e. The molecule has 1 aromatic heterocycles. The third-order valence-corrected chi connectivity index (χ3v) is 6.51. The van der Waals surface area contributed by atoms with Crippen molar-refractivity contribution in [1.29, 1.82) is 0 Å². The van der Waals surface area contributed by atoms with Gasteiger partial charge >= 0.3 is 0 Å². The number of aromatic nitrogens is 1. The quantitative estimate of drug-likeness (QED) is 0.829. The summed E-state index contributed by atoms with van der Waals surface area (Å²) < 4.78 is 5.76. The minimum absolute atomic E-state index is 0.0452. The zero-order valence-corrected chi connectivity index (χ0v) is 15.0. The third-order valence-electron chi connectivity index (χ3n) is 5.59. The first-order valence-corrected chi connectivity index (χ1v) is 9.67.